The lowest BCUT2D eigenvalue weighted by atomic mass is 9.98. The Labute approximate surface area is 115 Å². The van der Waals surface area contributed by atoms with Gasteiger partial charge in [-0.15, -0.1) is 0 Å². The molecule has 1 atom stereocenters. The lowest BCUT2D eigenvalue weighted by Crippen LogP contribution is -2.22. The quantitative estimate of drug-likeness (QED) is 0.765. The number of anilines is 2. The van der Waals surface area contributed by atoms with Gasteiger partial charge in [0.15, 0.2) is 0 Å². The van der Waals surface area contributed by atoms with Crippen LogP contribution in [0.25, 0.3) is 0 Å². The molecule has 3 rings (SSSR count). The van der Waals surface area contributed by atoms with E-state index in [0.29, 0.717) is 6.04 Å². The Morgan fingerprint density at radius 3 is 2.32 bits per heavy atom. The molecule has 0 aromatic heterocycles. The van der Waals surface area contributed by atoms with Crippen LogP contribution in [-0.2, 0) is 6.42 Å². The lowest BCUT2D eigenvalue weighted by Gasteiger charge is -2.26. The van der Waals surface area contributed by atoms with E-state index in [1.54, 1.807) is 0 Å². The van der Waals surface area contributed by atoms with E-state index in [9.17, 15) is 0 Å². The summed E-state index contributed by atoms with van der Waals surface area (Å²) < 4.78 is 0. The van der Waals surface area contributed by atoms with E-state index in [0.717, 1.165) is 6.42 Å². The zero-order chi connectivity index (χ0) is 13.4. The van der Waals surface area contributed by atoms with Crippen molar-refractivity contribution in [2.45, 2.75) is 12.5 Å². The highest BCUT2D eigenvalue weighted by Crippen LogP contribution is 2.40. The van der Waals surface area contributed by atoms with E-state index < -0.39 is 0 Å². The van der Waals surface area contributed by atoms with Crippen LogP contribution < -0.4 is 4.90 Å². The predicted molar refractivity (Wildman–Crippen MR) is 81.1 cm³/mol. The smallest absolute Gasteiger partial charge is 0.0456 e. The Morgan fingerprint density at radius 1 is 0.947 bits per heavy atom. The Hall–Kier alpha value is -1.80. The topological polar surface area (TPSA) is 6.48 Å². The van der Waals surface area contributed by atoms with Gasteiger partial charge >= 0.3 is 0 Å². The molecular formula is C17H20N2. The van der Waals surface area contributed by atoms with Crippen LogP contribution in [0.1, 0.15) is 17.2 Å². The third-order valence-corrected chi connectivity index (χ3v) is 4.05. The summed E-state index contributed by atoms with van der Waals surface area (Å²) in [4.78, 5) is 4.63. The Morgan fingerprint density at radius 2 is 1.58 bits per heavy atom. The summed E-state index contributed by atoms with van der Waals surface area (Å²) in [6.07, 6.45) is 1.06. The highest BCUT2D eigenvalue weighted by atomic mass is 15.1. The number of likely N-dealkylation sites (N-methyl/N-ethyl adjacent to an activating group) is 1. The molecule has 19 heavy (non-hydrogen) atoms. The molecule has 1 aliphatic heterocycles. The van der Waals surface area contributed by atoms with Gasteiger partial charge in [0.05, 0.1) is 0 Å². The van der Waals surface area contributed by atoms with E-state index in [1.807, 2.05) is 0 Å². The molecule has 98 valence electrons. The minimum atomic E-state index is 0.433. The molecule has 0 saturated heterocycles. The van der Waals surface area contributed by atoms with Gasteiger partial charge in [0.25, 0.3) is 0 Å². The van der Waals surface area contributed by atoms with Crippen molar-refractivity contribution in [2.75, 3.05) is 26.0 Å². The fourth-order valence-corrected chi connectivity index (χ4v) is 2.99. The summed E-state index contributed by atoms with van der Waals surface area (Å²) >= 11 is 0. The van der Waals surface area contributed by atoms with Crippen LogP contribution in [0, 0.1) is 0 Å². The van der Waals surface area contributed by atoms with E-state index in [4.69, 9.17) is 0 Å². The monoisotopic (exact) mass is 252 g/mol. The molecule has 0 fully saturated rings. The second-order valence-electron chi connectivity index (χ2n) is 5.43. The third-order valence-electron chi connectivity index (χ3n) is 4.05. The van der Waals surface area contributed by atoms with Crippen molar-refractivity contribution < 1.29 is 0 Å². The van der Waals surface area contributed by atoms with Gasteiger partial charge in [0.1, 0.15) is 0 Å². The molecule has 0 amide bonds. The maximum Gasteiger partial charge on any atom is 0.0456 e. The summed E-state index contributed by atoms with van der Waals surface area (Å²) in [6.45, 7) is 0. The molecule has 0 spiro atoms. The second-order valence-corrected chi connectivity index (χ2v) is 5.43. The van der Waals surface area contributed by atoms with E-state index in [2.05, 4.69) is 79.5 Å². The van der Waals surface area contributed by atoms with Crippen LogP contribution in [0.3, 0.4) is 0 Å². The van der Waals surface area contributed by atoms with Crippen LogP contribution in [-0.4, -0.2) is 26.0 Å². The van der Waals surface area contributed by atoms with Crippen molar-refractivity contribution in [1.29, 1.82) is 0 Å². The molecule has 1 aliphatic rings. The Bertz CT molecular complexity index is 589. The minimum Gasteiger partial charge on any atom is -0.344 e. The predicted octanol–water partition coefficient (Wildman–Crippen LogP) is 3.61. The molecule has 0 aliphatic carbocycles. The van der Waals surface area contributed by atoms with Gasteiger partial charge in [-0.2, -0.15) is 0 Å². The first-order chi connectivity index (χ1) is 9.18. The first kappa shape index (κ1) is 12.2. The fourth-order valence-electron chi connectivity index (χ4n) is 2.99. The van der Waals surface area contributed by atoms with Crippen LogP contribution in [0.5, 0.6) is 0 Å². The van der Waals surface area contributed by atoms with E-state index in [-0.39, 0.29) is 0 Å². The van der Waals surface area contributed by atoms with E-state index >= 15 is 0 Å². The highest BCUT2D eigenvalue weighted by molar-refractivity contribution is 5.71. The largest absolute Gasteiger partial charge is 0.344 e. The Kier molecular flexibility index (Phi) is 3.03. The third kappa shape index (κ3) is 2.02. The van der Waals surface area contributed by atoms with Crippen molar-refractivity contribution in [3.63, 3.8) is 0 Å². The van der Waals surface area contributed by atoms with Crippen molar-refractivity contribution in [3.8, 4) is 0 Å². The number of para-hydroxylation sites is 2. The normalized spacial score (nSPS) is 17.9. The average Bonchev–Trinajstić information content (AvgIpc) is 2.56. The molecule has 2 heteroatoms. The zero-order valence-corrected chi connectivity index (χ0v) is 11.8. The summed E-state index contributed by atoms with van der Waals surface area (Å²) in [5, 5.41) is 0. The van der Waals surface area contributed by atoms with Gasteiger partial charge in [0.2, 0.25) is 0 Å². The molecule has 0 N–H and O–H groups in total. The number of hydrogen-bond donors (Lipinski definition) is 0. The second kappa shape index (κ2) is 4.71. The molecule has 1 unspecified atom stereocenters. The van der Waals surface area contributed by atoms with Gasteiger partial charge in [-0.05, 0) is 43.8 Å². The molecule has 0 radical (unpaired) electrons. The first-order valence-electron chi connectivity index (χ1n) is 6.75. The van der Waals surface area contributed by atoms with Crippen molar-refractivity contribution in [2.24, 2.45) is 0 Å². The highest BCUT2D eigenvalue weighted by Gasteiger charge is 2.25. The maximum absolute atomic E-state index is 2.31. The van der Waals surface area contributed by atoms with Gasteiger partial charge in [-0.25, -0.2) is 0 Å². The summed E-state index contributed by atoms with van der Waals surface area (Å²) in [6, 6.07) is 17.9. The summed E-state index contributed by atoms with van der Waals surface area (Å²) in [7, 11) is 6.49. The van der Waals surface area contributed by atoms with E-state index in [1.165, 1.54) is 22.5 Å². The van der Waals surface area contributed by atoms with Crippen LogP contribution in [0.15, 0.2) is 48.5 Å². The van der Waals surface area contributed by atoms with Gasteiger partial charge in [0, 0.05) is 24.5 Å². The SMILES string of the molecule is CN1c2ccccc2CC(N(C)C)c2ccccc21. The molecule has 2 nitrogen and oxygen atoms in total. The zero-order valence-electron chi connectivity index (χ0n) is 11.8. The van der Waals surface area contributed by atoms with Crippen LogP contribution >= 0.6 is 0 Å². The fraction of sp³-hybridized carbons (Fsp3) is 0.294. The number of nitrogens with zero attached hydrogens (tertiary/aromatic N) is 2. The molecule has 2 aromatic rings. The standard InChI is InChI=1S/C17H20N2/c1-18(2)17-12-13-8-4-6-10-15(13)19(3)16-11-7-5-9-14(16)17/h4-11,17H,12H2,1-3H3. The summed E-state index contributed by atoms with van der Waals surface area (Å²) in [5.41, 5.74) is 5.46. The maximum atomic E-state index is 2.31. The Balaban J connectivity index is 2.21. The van der Waals surface area contributed by atoms with Gasteiger partial charge in [-0.3, -0.25) is 0 Å². The number of fused-ring (bicyclic) bond motifs is 2. The lowest BCUT2D eigenvalue weighted by molar-refractivity contribution is 0.299. The first-order valence-corrected chi connectivity index (χ1v) is 6.75. The average molecular weight is 252 g/mol. The van der Waals surface area contributed by atoms with Crippen molar-refractivity contribution in [3.05, 3.63) is 59.7 Å². The van der Waals surface area contributed by atoms with Crippen molar-refractivity contribution >= 4 is 11.4 Å². The van der Waals surface area contributed by atoms with Crippen LogP contribution in [0.4, 0.5) is 11.4 Å². The van der Waals surface area contributed by atoms with Crippen LogP contribution in [0.2, 0.25) is 0 Å². The number of hydrogen-bond acceptors (Lipinski definition) is 2. The molecule has 0 bridgehead atoms. The molecule has 2 aromatic carbocycles. The molecule has 1 heterocycles. The number of benzene rings is 2. The van der Waals surface area contributed by atoms with Gasteiger partial charge in [-0.1, -0.05) is 36.4 Å². The molecular weight excluding hydrogens is 232 g/mol. The summed E-state index contributed by atoms with van der Waals surface area (Å²) in [5.74, 6) is 0. The van der Waals surface area contributed by atoms with Crippen molar-refractivity contribution in [1.82, 2.24) is 4.90 Å². The van der Waals surface area contributed by atoms with Gasteiger partial charge < -0.3 is 9.80 Å². The minimum absolute atomic E-state index is 0.433. The molecule has 0 saturated carbocycles. The number of rotatable bonds is 1.